The van der Waals surface area contributed by atoms with Gasteiger partial charge in [0.05, 0.1) is 23.2 Å². The average molecular weight is 278 g/mol. The highest BCUT2D eigenvalue weighted by atomic mass is 32.1. The summed E-state index contributed by atoms with van der Waals surface area (Å²) in [6.45, 7) is 2.65. The van der Waals surface area contributed by atoms with Gasteiger partial charge in [-0.1, -0.05) is 11.3 Å². The Balaban J connectivity index is 1.78. The van der Waals surface area contributed by atoms with Crippen LogP contribution in [0.1, 0.15) is 41.0 Å². The Bertz CT molecular complexity index is 576. The van der Waals surface area contributed by atoms with Gasteiger partial charge >= 0.3 is 0 Å². The SMILES string of the molecule is Cc1ccc(CN(C)c2nc3c(s2)C(O)CCC3)o1. The second kappa shape index (κ2) is 4.98. The van der Waals surface area contributed by atoms with Crippen molar-refractivity contribution >= 4 is 16.5 Å². The minimum atomic E-state index is -0.325. The van der Waals surface area contributed by atoms with E-state index in [0.717, 1.165) is 46.5 Å². The van der Waals surface area contributed by atoms with E-state index in [-0.39, 0.29) is 6.10 Å². The van der Waals surface area contributed by atoms with Crippen molar-refractivity contribution in [2.45, 2.75) is 38.8 Å². The van der Waals surface area contributed by atoms with Gasteiger partial charge in [0, 0.05) is 7.05 Å². The molecule has 5 heteroatoms. The van der Waals surface area contributed by atoms with Crippen molar-refractivity contribution in [1.82, 2.24) is 4.98 Å². The zero-order valence-corrected chi connectivity index (χ0v) is 12.0. The van der Waals surface area contributed by atoms with Gasteiger partial charge in [-0.05, 0) is 38.3 Å². The first-order valence-electron chi connectivity index (χ1n) is 6.57. The number of rotatable bonds is 3. The van der Waals surface area contributed by atoms with Crippen molar-refractivity contribution in [3.8, 4) is 0 Å². The zero-order chi connectivity index (χ0) is 13.4. The number of hydrogen-bond acceptors (Lipinski definition) is 5. The van der Waals surface area contributed by atoms with Crippen LogP contribution in [0, 0.1) is 6.92 Å². The summed E-state index contributed by atoms with van der Waals surface area (Å²) in [4.78, 5) is 7.77. The summed E-state index contributed by atoms with van der Waals surface area (Å²) in [6, 6.07) is 3.97. The molecule has 0 radical (unpaired) electrons. The molecule has 1 N–H and O–H groups in total. The summed E-state index contributed by atoms with van der Waals surface area (Å²) in [5, 5.41) is 10.9. The molecule has 0 aliphatic heterocycles. The first kappa shape index (κ1) is 12.7. The summed E-state index contributed by atoms with van der Waals surface area (Å²) >= 11 is 1.60. The fourth-order valence-corrected chi connectivity index (χ4v) is 3.51. The van der Waals surface area contributed by atoms with Crippen molar-refractivity contribution in [3.63, 3.8) is 0 Å². The van der Waals surface area contributed by atoms with Crippen LogP contribution in [0.5, 0.6) is 0 Å². The summed E-state index contributed by atoms with van der Waals surface area (Å²) in [7, 11) is 2.01. The van der Waals surface area contributed by atoms with Crippen molar-refractivity contribution < 1.29 is 9.52 Å². The van der Waals surface area contributed by atoms with E-state index in [2.05, 4.69) is 9.88 Å². The molecule has 19 heavy (non-hydrogen) atoms. The Kier molecular flexibility index (Phi) is 3.33. The second-order valence-corrected chi connectivity index (χ2v) is 6.09. The molecule has 4 nitrogen and oxygen atoms in total. The maximum atomic E-state index is 9.98. The Morgan fingerprint density at radius 3 is 3.05 bits per heavy atom. The molecule has 1 aliphatic carbocycles. The van der Waals surface area contributed by atoms with Gasteiger partial charge in [0.15, 0.2) is 5.13 Å². The number of aliphatic hydroxyl groups excluding tert-OH is 1. The molecule has 0 aromatic carbocycles. The molecular weight excluding hydrogens is 260 g/mol. The van der Waals surface area contributed by atoms with Crippen LogP contribution >= 0.6 is 11.3 Å². The van der Waals surface area contributed by atoms with E-state index in [1.54, 1.807) is 11.3 Å². The lowest BCUT2D eigenvalue weighted by Crippen LogP contribution is -2.15. The molecule has 1 unspecified atom stereocenters. The molecule has 0 spiro atoms. The minimum Gasteiger partial charge on any atom is -0.464 e. The average Bonchev–Trinajstić information content (AvgIpc) is 2.96. The number of hydrogen-bond donors (Lipinski definition) is 1. The Morgan fingerprint density at radius 2 is 2.37 bits per heavy atom. The van der Waals surface area contributed by atoms with Gasteiger partial charge in [-0.3, -0.25) is 0 Å². The predicted octanol–water partition coefficient (Wildman–Crippen LogP) is 3.05. The van der Waals surface area contributed by atoms with E-state index < -0.39 is 0 Å². The molecule has 102 valence electrons. The van der Waals surface area contributed by atoms with Gasteiger partial charge in [0.1, 0.15) is 11.5 Å². The van der Waals surface area contributed by atoms with E-state index in [1.807, 2.05) is 26.1 Å². The summed E-state index contributed by atoms with van der Waals surface area (Å²) in [6.07, 6.45) is 2.54. The monoisotopic (exact) mass is 278 g/mol. The minimum absolute atomic E-state index is 0.325. The number of anilines is 1. The lowest BCUT2D eigenvalue weighted by atomic mass is 10.0. The van der Waals surface area contributed by atoms with Crippen LogP contribution in [0.25, 0.3) is 0 Å². The number of furan rings is 1. The van der Waals surface area contributed by atoms with Crippen LogP contribution in [0.3, 0.4) is 0 Å². The second-order valence-electron chi connectivity index (χ2n) is 5.08. The summed E-state index contributed by atoms with van der Waals surface area (Å²) in [5.74, 6) is 1.87. The third-order valence-corrected chi connectivity index (χ3v) is 4.74. The highest BCUT2D eigenvalue weighted by Crippen LogP contribution is 2.37. The molecule has 2 heterocycles. The van der Waals surface area contributed by atoms with Gasteiger partial charge in [-0.15, -0.1) is 0 Å². The Morgan fingerprint density at radius 1 is 1.53 bits per heavy atom. The molecule has 3 rings (SSSR count). The van der Waals surface area contributed by atoms with Gasteiger partial charge in [0.2, 0.25) is 0 Å². The van der Waals surface area contributed by atoms with Crippen LogP contribution < -0.4 is 4.90 Å². The molecular formula is C14H18N2O2S. The third-order valence-electron chi connectivity index (χ3n) is 3.43. The summed E-state index contributed by atoms with van der Waals surface area (Å²) < 4.78 is 5.58. The fourth-order valence-electron chi connectivity index (χ4n) is 2.42. The van der Waals surface area contributed by atoms with E-state index >= 15 is 0 Å². The highest BCUT2D eigenvalue weighted by Gasteiger charge is 2.24. The zero-order valence-electron chi connectivity index (χ0n) is 11.2. The molecule has 0 fully saturated rings. The van der Waals surface area contributed by atoms with E-state index in [0.29, 0.717) is 6.54 Å². The lowest BCUT2D eigenvalue weighted by Gasteiger charge is -2.14. The van der Waals surface area contributed by atoms with Crippen LogP contribution in [0.4, 0.5) is 5.13 Å². The van der Waals surface area contributed by atoms with Gasteiger partial charge < -0.3 is 14.4 Å². The number of fused-ring (bicyclic) bond motifs is 1. The van der Waals surface area contributed by atoms with Crippen LogP contribution in [-0.2, 0) is 13.0 Å². The van der Waals surface area contributed by atoms with Crippen LogP contribution in [0.15, 0.2) is 16.5 Å². The Labute approximate surface area is 116 Å². The molecule has 1 aliphatic rings. The molecule has 0 saturated carbocycles. The van der Waals surface area contributed by atoms with E-state index in [1.165, 1.54) is 0 Å². The van der Waals surface area contributed by atoms with Crippen LogP contribution in [0.2, 0.25) is 0 Å². The third kappa shape index (κ3) is 2.53. The van der Waals surface area contributed by atoms with Crippen LogP contribution in [-0.4, -0.2) is 17.1 Å². The summed E-state index contributed by atoms with van der Waals surface area (Å²) in [5.41, 5.74) is 1.07. The molecule has 2 aromatic rings. The molecule has 0 amide bonds. The largest absolute Gasteiger partial charge is 0.464 e. The predicted molar refractivity (Wildman–Crippen MR) is 75.6 cm³/mol. The maximum Gasteiger partial charge on any atom is 0.186 e. The van der Waals surface area contributed by atoms with Crippen molar-refractivity contribution in [1.29, 1.82) is 0 Å². The number of aromatic nitrogens is 1. The lowest BCUT2D eigenvalue weighted by molar-refractivity contribution is 0.160. The van der Waals surface area contributed by atoms with E-state index in [4.69, 9.17) is 4.42 Å². The number of aliphatic hydroxyl groups is 1. The molecule has 2 aromatic heterocycles. The first-order chi connectivity index (χ1) is 9.13. The first-order valence-corrected chi connectivity index (χ1v) is 7.39. The number of nitrogens with zero attached hydrogens (tertiary/aromatic N) is 2. The topological polar surface area (TPSA) is 49.5 Å². The van der Waals surface area contributed by atoms with Gasteiger partial charge in [-0.2, -0.15) is 0 Å². The smallest absolute Gasteiger partial charge is 0.186 e. The van der Waals surface area contributed by atoms with Crippen molar-refractivity contribution in [3.05, 3.63) is 34.2 Å². The van der Waals surface area contributed by atoms with Crippen molar-refractivity contribution in [2.75, 3.05) is 11.9 Å². The quantitative estimate of drug-likeness (QED) is 0.937. The van der Waals surface area contributed by atoms with Crippen molar-refractivity contribution in [2.24, 2.45) is 0 Å². The normalized spacial score (nSPS) is 18.4. The van der Waals surface area contributed by atoms with E-state index in [9.17, 15) is 5.11 Å². The van der Waals surface area contributed by atoms with Gasteiger partial charge in [-0.25, -0.2) is 4.98 Å². The molecule has 0 saturated heterocycles. The Hall–Kier alpha value is -1.33. The molecule has 1 atom stereocenters. The number of thiazole rings is 1. The standard InChI is InChI=1S/C14H18N2O2S/c1-9-6-7-10(18-9)8-16(2)14-15-11-4-3-5-12(17)13(11)19-14/h6-7,12,17H,3-5,8H2,1-2H3. The maximum absolute atomic E-state index is 9.98. The molecule has 0 bridgehead atoms. The number of aryl methyl sites for hydroxylation is 2. The highest BCUT2D eigenvalue weighted by molar-refractivity contribution is 7.15. The van der Waals surface area contributed by atoms with Gasteiger partial charge in [0.25, 0.3) is 0 Å². The fraction of sp³-hybridized carbons (Fsp3) is 0.500.